The van der Waals surface area contributed by atoms with Crippen LogP contribution in [0.1, 0.15) is 0 Å². The number of thiol groups is 2. The first-order valence-corrected chi connectivity index (χ1v) is 14.5. The summed E-state index contributed by atoms with van der Waals surface area (Å²) < 4.78 is 2.06. The average Bonchev–Trinajstić information content (AvgIpc) is 3.08. The molecule has 0 saturated heterocycles. The van der Waals surface area contributed by atoms with Gasteiger partial charge in [0.15, 0.2) is 0 Å². The summed E-state index contributed by atoms with van der Waals surface area (Å²) in [6, 6.07) is 11.4. The molecular weight excluding hydrogens is 618 g/mol. The summed E-state index contributed by atoms with van der Waals surface area (Å²) in [4.78, 5) is 9.85. The molecule has 0 saturated carbocycles. The average molecular weight is 629 g/mol. The van der Waals surface area contributed by atoms with Crippen molar-refractivity contribution in [2.24, 2.45) is 0 Å². The predicted molar refractivity (Wildman–Crippen MR) is 113 cm³/mol. The first-order valence-electron chi connectivity index (χ1n) is 6.37. The maximum atomic E-state index is 7.28. The van der Waals surface area contributed by atoms with Gasteiger partial charge in [-0.3, -0.25) is 0 Å². The number of halogens is 2. The van der Waals surface area contributed by atoms with Crippen LogP contribution in [0.25, 0.3) is 31.9 Å². The monoisotopic (exact) mass is 627 g/mol. The Hall–Kier alpha value is -0.212. The van der Waals surface area contributed by atoms with E-state index in [1.807, 2.05) is 36.4 Å². The third kappa shape index (κ3) is 6.47. The number of hydrogen-bond donors (Lipinski definition) is 2. The first-order chi connectivity index (χ1) is 11.9. The second-order valence-electron chi connectivity index (χ2n) is 4.39. The summed E-state index contributed by atoms with van der Waals surface area (Å²) in [6.07, 6.45) is 0. The minimum absolute atomic E-state index is 0.360. The number of fused-ring (bicyclic) bond motifs is 2. The predicted octanol–water partition coefficient (Wildman–Crippen LogP) is 7.91. The molecule has 25 heavy (non-hydrogen) atoms. The fraction of sp³-hybridized carbons (Fsp3) is 0. The van der Waals surface area contributed by atoms with Gasteiger partial charge in [-0.2, -0.15) is 0 Å². The molecule has 0 aliphatic heterocycles. The van der Waals surface area contributed by atoms with E-state index < -0.39 is 16.5 Å². The largest absolute Gasteiger partial charge is 0.473 e. The van der Waals surface area contributed by atoms with Gasteiger partial charge in [0, 0.05) is 19.2 Å². The van der Waals surface area contributed by atoms with Gasteiger partial charge in [-0.1, -0.05) is 12.1 Å². The van der Waals surface area contributed by atoms with Crippen LogP contribution in [-0.4, -0.2) is 9.97 Å². The van der Waals surface area contributed by atoms with Gasteiger partial charge in [0.25, 0.3) is 0 Å². The summed E-state index contributed by atoms with van der Waals surface area (Å²) in [5, 5.41) is 0.720. The molecule has 134 valence electrons. The molecule has 11 heteroatoms. The van der Waals surface area contributed by atoms with Crippen LogP contribution in [0.3, 0.4) is 0 Å². The summed E-state index contributed by atoms with van der Waals surface area (Å²) in [5.41, 5.74) is 16.3. The van der Waals surface area contributed by atoms with Gasteiger partial charge < -0.3 is 21.4 Å². The Labute approximate surface area is 180 Å². The molecule has 4 aromatic rings. The van der Waals surface area contributed by atoms with Gasteiger partial charge in [-0.15, -0.1) is 47.9 Å². The van der Waals surface area contributed by atoms with E-state index in [9.17, 15) is 0 Å². The van der Waals surface area contributed by atoms with Crippen LogP contribution in [0.5, 0.6) is 0 Å². The third-order valence-corrected chi connectivity index (χ3v) is 4.96. The molecule has 4 rings (SSSR count). The zero-order valence-corrected chi connectivity index (χ0v) is 19.3. The normalized spacial score (nSPS) is 10.2. The van der Waals surface area contributed by atoms with Crippen molar-refractivity contribution >= 4 is 97.5 Å². The fourth-order valence-electron chi connectivity index (χ4n) is 1.83. The van der Waals surface area contributed by atoms with Crippen molar-refractivity contribution in [1.82, 2.24) is 9.97 Å². The van der Waals surface area contributed by atoms with E-state index in [1.54, 1.807) is 0 Å². The van der Waals surface area contributed by atoms with Crippen molar-refractivity contribution < 1.29 is 16.5 Å². The van der Waals surface area contributed by atoms with Crippen molar-refractivity contribution in [2.75, 3.05) is 0 Å². The molecule has 0 unspecified atom stereocenters. The molecule has 0 fully saturated rings. The van der Waals surface area contributed by atoms with E-state index in [0.717, 1.165) is 30.2 Å². The Morgan fingerprint density at radius 2 is 1.16 bits per heavy atom. The number of nitrogens with zero attached hydrogens (tertiary/aromatic N) is 2. The summed E-state index contributed by atoms with van der Waals surface area (Å²) in [6.45, 7) is 0. The fourth-order valence-corrected chi connectivity index (χ4v) is 3.92. The summed E-state index contributed by atoms with van der Waals surface area (Å²) >= 11 is 10.6. The molecule has 0 aliphatic rings. The van der Waals surface area contributed by atoms with Crippen LogP contribution >= 0.6 is 66.8 Å². The molecule has 2 aromatic carbocycles. The van der Waals surface area contributed by atoms with Crippen LogP contribution in [-0.2, 0) is 16.5 Å². The Bertz CT molecular complexity index is 898. The van der Waals surface area contributed by atoms with E-state index in [4.69, 9.17) is 30.3 Å². The molecule has 2 N–H and O–H groups in total. The molecule has 0 atom stereocenters. The number of rotatable bonds is 0. The molecule has 2 aromatic heterocycles. The van der Waals surface area contributed by atoms with Gasteiger partial charge in [0.1, 0.15) is 0 Å². The second kappa shape index (κ2) is 10.2. The van der Waals surface area contributed by atoms with Gasteiger partial charge in [-0.25, -0.2) is 0 Å². The Morgan fingerprint density at radius 3 is 1.52 bits per heavy atom. The number of thiazole rings is 2. The van der Waals surface area contributed by atoms with Crippen molar-refractivity contribution in [3.63, 3.8) is 0 Å². The van der Waals surface area contributed by atoms with E-state index in [2.05, 4.69) is 35.2 Å². The minimum Gasteiger partial charge on any atom is -0.473 e. The second-order valence-corrected chi connectivity index (χ2v) is 10.8. The van der Waals surface area contributed by atoms with Crippen molar-refractivity contribution in [2.45, 2.75) is 9.79 Å². The van der Waals surface area contributed by atoms with Crippen molar-refractivity contribution in [3.05, 3.63) is 47.9 Å². The molecule has 0 amide bonds. The van der Waals surface area contributed by atoms with Gasteiger partial charge in [0.05, 0.1) is 0 Å². The molecule has 4 nitrogen and oxygen atoms in total. The number of benzene rings is 2. The molecule has 0 radical (unpaired) electrons. The van der Waals surface area contributed by atoms with E-state index >= 15 is 0 Å². The smallest absolute Gasteiger partial charge is 0.0312 e. The third-order valence-electron chi connectivity index (χ3n) is 2.74. The first kappa shape index (κ1) is 21.1. The number of nitrogens with one attached hydrogen (secondary N) is 2. The van der Waals surface area contributed by atoms with Gasteiger partial charge in [-0.05, 0) is 45.6 Å². The maximum Gasteiger partial charge on any atom is 0.0312 e. The number of hydrogen-bond acceptors (Lipinski definition) is 6. The molecular formula is C14H10Cl2N4PtS4. The van der Waals surface area contributed by atoms with Crippen molar-refractivity contribution in [3.8, 4) is 0 Å². The van der Waals surface area contributed by atoms with Crippen LogP contribution in [0.2, 0.25) is 0 Å². The minimum atomic E-state index is -0.472. The van der Waals surface area contributed by atoms with Gasteiger partial charge >= 0.3 is 35.3 Å². The van der Waals surface area contributed by atoms with E-state index in [1.165, 1.54) is 22.7 Å². The topological polar surface area (TPSA) is 73.4 Å². The maximum absolute atomic E-state index is 7.28. The Kier molecular flexibility index (Phi) is 8.61. The van der Waals surface area contributed by atoms with Crippen LogP contribution in [0.15, 0.2) is 46.2 Å². The van der Waals surface area contributed by atoms with Crippen LogP contribution in [0, 0.1) is 0 Å². The van der Waals surface area contributed by atoms with Gasteiger partial charge in [0.2, 0.25) is 0 Å². The zero-order chi connectivity index (χ0) is 18.4. The molecule has 0 spiro atoms. The summed E-state index contributed by atoms with van der Waals surface area (Å²) in [5.74, 6) is 0. The van der Waals surface area contributed by atoms with E-state index in [-0.39, 0.29) is 0 Å². The van der Waals surface area contributed by atoms with Crippen LogP contribution < -0.4 is 0 Å². The summed E-state index contributed by atoms with van der Waals surface area (Å²) in [7, 11) is 9.75. The standard InChI is InChI=1S/2C7H5N2S2.2ClH.Pt/c2*8-7-9-5-2-1-4(10)3-6(5)11-7;;;/h2*1-3H,(H2-,8,9,10);2*1H;/q2*-1;;;+4/p-2. The molecule has 0 bridgehead atoms. The van der Waals surface area contributed by atoms with Crippen molar-refractivity contribution in [1.29, 1.82) is 0 Å². The Balaban J connectivity index is 0.000000156. The molecule has 2 heterocycles. The number of aromatic nitrogens is 2. The quantitative estimate of drug-likeness (QED) is 0.194. The van der Waals surface area contributed by atoms with E-state index in [0.29, 0.717) is 10.3 Å². The Morgan fingerprint density at radius 1 is 0.800 bits per heavy atom. The molecule has 0 aliphatic carbocycles. The zero-order valence-electron chi connectivity index (χ0n) is 12.1. The SMILES string of the molecule is [Cl][Pt+2][Cl].[NH-]c1nc2ccc(S)cc2s1.[NH-]c1nc2ccc(S)cc2s1. The van der Waals surface area contributed by atoms with Crippen LogP contribution in [0.4, 0.5) is 10.3 Å².